The first-order chi connectivity index (χ1) is 12.5. The molecule has 0 unspecified atom stereocenters. The predicted octanol–water partition coefficient (Wildman–Crippen LogP) is 1.37. The Morgan fingerprint density at radius 1 is 1.35 bits per heavy atom. The van der Waals surface area contributed by atoms with E-state index in [1.807, 2.05) is 24.1 Å². The number of aromatic nitrogens is 4. The largest absolute Gasteiger partial charge is 0.351 e. The van der Waals surface area contributed by atoms with Gasteiger partial charge in [-0.1, -0.05) is 0 Å². The summed E-state index contributed by atoms with van der Waals surface area (Å²) in [5.41, 5.74) is 1.69. The molecule has 2 aromatic rings. The van der Waals surface area contributed by atoms with Gasteiger partial charge in [-0.2, -0.15) is 5.10 Å². The van der Waals surface area contributed by atoms with E-state index in [-0.39, 0.29) is 17.9 Å². The van der Waals surface area contributed by atoms with E-state index in [1.54, 1.807) is 16.9 Å². The molecule has 1 saturated heterocycles. The van der Waals surface area contributed by atoms with Crippen molar-refractivity contribution in [1.29, 1.82) is 0 Å². The van der Waals surface area contributed by atoms with Crippen molar-refractivity contribution in [3.8, 4) is 0 Å². The molecular weight excluding hydrogens is 332 g/mol. The Morgan fingerprint density at radius 2 is 2.19 bits per heavy atom. The second-order valence-electron chi connectivity index (χ2n) is 6.53. The van der Waals surface area contributed by atoms with Crippen molar-refractivity contribution in [2.24, 2.45) is 0 Å². The number of aryl methyl sites for hydroxylation is 2. The SMILES string of the molecule is CC(=O)NCc1ccnc([C@H]2CCCN2C(=O)CCn2ccc(C)n2)n1. The van der Waals surface area contributed by atoms with Crippen LogP contribution in [0.25, 0.3) is 0 Å². The summed E-state index contributed by atoms with van der Waals surface area (Å²) in [5, 5.41) is 7.05. The van der Waals surface area contributed by atoms with E-state index in [4.69, 9.17) is 0 Å². The zero-order valence-electron chi connectivity index (χ0n) is 15.2. The van der Waals surface area contributed by atoms with Crippen LogP contribution in [-0.4, -0.2) is 43.0 Å². The lowest BCUT2D eigenvalue weighted by Crippen LogP contribution is -2.32. The molecule has 8 nitrogen and oxygen atoms in total. The summed E-state index contributed by atoms with van der Waals surface area (Å²) in [6.45, 7) is 5.06. The summed E-state index contributed by atoms with van der Waals surface area (Å²) in [5.74, 6) is 0.641. The van der Waals surface area contributed by atoms with Gasteiger partial charge in [0.25, 0.3) is 0 Å². The fourth-order valence-electron chi connectivity index (χ4n) is 3.16. The first kappa shape index (κ1) is 18.0. The fourth-order valence-corrected chi connectivity index (χ4v) is 3.16. The molecule has 1 N–H and O–H groups in total. The molecular formula is C18H24N6O2. The van der Waals surface area contributed by atoms with Gasteiger partial charge in [0.05, 0.1) is 24.0 Å². The van der Waals surface area contributed by atoms with Crippen LogP contribution in [0.5, 0.6) is 0 Å². The molecule has 2 amide bonds. The van der Waals surface area contributed by atoms with E-state index in [2.05, 4.69) is 20.4 Å². The van der Waals surface area contributed by atoms with Crippen LogP contribution >= 0.6 is 0 Å². The number of nitrogens with one attached hydrogen (secondary N) is 1. The Labute approximate surface area is 152 Å². The highest BCUT2D eigenvalue weighted by Crippen LogP contribution is 2.30. The smallest absolute Gasteiger partial charge is 0.225 e. The third kappa shape index (κ3) is 4.44. The van der Waals surface area contributed by atoms with Crippen LogP contribution in [0.15, 0.2) is 24.5 Å². The molecule has 2 aromatic heterocycles. The molecule has 1 fully saturated rings. The monoisotopic (exact) mass is 356 g/mol. The van der Waals surface area contributed by atoms with Crippen LogP contribution in [0.4, 0.5) is 0 Å². The van der Waals surface area contributed by atoms with Crippen molar-refractivity contribution < 1.29 is 9.59 Å². The van der Waals surface area contributed by atoms with E-state index in [1.165, 1.54) is 6.92 Å². The molecule has 0 radical (unpaired) electrons. The number of hydrogen-bond donors (Lipinski definition) is 1. The van der Waals surface area contributed by atoms with Gasteiger partial charge in [0.1, 0.15) is 0 Å². The van der Waals surface area contributed by atoms with Crippen molar-refractivity contribution in [2.75, 3.05) is 6.54 Å². The Kier molecular flexibility index (Phi) is 5.60. The summed E-state index contributed by atoms with van der Waals surface area (Å²) < 4.78 is 1.79. The van der Waals surface area contributed by atoms with E-state index < -0.39 is 0 Å². The highest BCUT2D eigenvalue weighted by atomic mass is 16.2. The summed E-state index contributed by atoms with van der Waals surface area (Å²) >= 11 is 0. The maximum atomic E-state index is 12.7. The zero-order chi connectivity index (χ0) is 18.5. The minimum absolute atomic E-state index is 0.0940. The van der Waals surface area contributed by atoms with E-state index in [9.17, 15) is 9.59 Å². The van der Waals surface area contributed by atoms with Crippen LogP contribution in [0.1, 0.15) is 49.4 Å². The number of nitrogens with zero attached hydrogens (tertiary/aromatic N) is 5. The molecule has 1 atom stereocenters. The molecule has 138 valence electrons. The fraction of sp³-hybridized carbons (Fsp3) is 0.500. The van der Waals surface area contributed by atoms with Crippen LogP contribution < -0.4 is 5.32 Å². The Balaban J connectivity index is 1.64. The minimum atomic E-state index is -0.100. The van der Waals surface area contributed by atoms with Crippen LogP contribution in [0, 0.1) is 6.92 Å². The number of likely N-dealkylation sites (tertiary alicyclic amines) is 1. The summed E-state index contributed by atoms with van der Waals surface area (Å²) in [4.78, 5) is 34.5. The quantitative estimate of drug-likeness (QED) is 0.844. The van der Waals surface area contributed by atoms with Crippen molar-refractivity contribution in [2.45, 2.75) is 52.2 Å². The number of carbonyl (C=O) groups is 2. The van der Waals surface area contributed by atoms with E-state index in [0.717, 1.165) is 30.8 Å². The summed E-state index contributed by atoms with van der Waals surface area (Å²) in [6.07, 6.45) is 5.78. The van der Waals surface area contributed by atoms with Crippen molar-refractivity contribution >= 4 is 11.8 Å². The normalized spacial score (nSPS) is 16.7. The molecule has 8 heteroatoms. The average Bonchev–Trinajstić information content (AvgIpc) is 3.27. The van der Waals surface area contributed by atoms with Gasteiger partial charge in [-0.15, -0.1) is 0 Å². The van der Waals surface area contributed by atoms with Crippen molar-refractivity contribution in [1.82, 2.24) is 30.0 Å². The lowest BCUT2D eigenvalue weighted by Gasteiger charge is -2.24. The maximum Gasteiger partial charge on any atom is 0.225 e. The third-order valence-electron chi connectivity index (χ3n) is 4.45. The second-order valence-corrected chi connectivity index (χ2v) is 6.53. The topological polar surface area (TPSA) is 93.0 Å². The Bertz CT molecular complexity index is 787. The molecule has 0 bridgehead atoms. The standard InChI is InChI=1S/C18H24N6O2/c1-13-6-10-23(22-13)11-7-17(26)24-9-3-4-16(24)18-19-8-5-15(21-18)12-20-14(2)25/h5-6,8,10,16H,3-4,7,9,11-12H2,1-2H3,(H,20,25)/t16-/m1/s1. The predicted molar refractivity (Wildman–Crippen MR) is 94.8 cm³/mol. The van der Waals surface area contributed by atoms with Gasteiger partial charge < -0.3 is 10.2 Å². The molecule has 0 saturated carbocycles. The third-order valence-corrected chi connectivity index (χ3v) is 4.45. The van der Waals surface area contributed by atoms with Gasteiger partial charge in [-0.05, 0) is 31.9 Å². The van der Waals surface area contributed by atoms with Gasteiger partial charge >= 0.3 is 0 Å². The van der Waals surface area contributed by atoms with Gasteiger partial charge in [0.2, 0.25) is 11.8 Å². The lowest BCUT2D eigenvalue weighted by atomic mass is 10.2. The minimum Gasteiger partial charge on any atom is -0.351 e. The van der Waals surface area contributed by atoms with Crippen LogP contribution in [0.3, 0.4) is 0 Å². The Morgan fingerprint density at radius 3 is 2.92 bits per heavy atom. The number of hydrogen-bond acceptors (Lipinski definition) is 5. The van der Waals surface area contributed by atoms with Gasteiger partial charge in [-0.25, -0.2) is 9.97 Å². The Hall–Kier alpha value is -2.77. The molecule has 1 aliphatic rings. The molecule has 3 rings (SSSR count). The number of carbonyl (C=O) groups excluding carboxylic acids is 2. The molecule has 0 aliphatic carbocycles. The first-order valence-electron chi connectivity index (χ1n) is 8.88. The van der Waals surface area contributed by atoms with Gasteiger partial charge in [0, 0.05) is 38.8 Å². The number of amides is 2. The molecule has 1 aliphatic heterocycles. The molecule has 26 heavy (non-hydrogen) atoms. The van der Waals surface area contributed by atoms with E-state index in [0.29, 0.717) is 25.3 Å². The maximum absolute atomic E-state index is 12.7. The van der Waals surface area contributed by atoms with Crippen molar-refractivity contribution in [3.63, 3.8) is 0 Å². The number of rotatable bonds is 6. The lowest BCUT2D eigenvalue weighted by molar-refractivity contribution is -0.132. The summed E-state index contributed by atoms with van der Waals surface area (Å²) in [7, 11) is 0. The molecule has 3 heterocycles. The first-order valence-corrected chi connectivity index (χ1v) is 8.88. The van der Waals surface area contributed by atoms with Gasteiger partial charge in [-0.3, -0.25) is 14.3 Å². The zero-order valence-corrected chi connectivity index (χ0v) is 15.2. The van der Waals surface area contributed by atoms with Crippen molar-refractivity contribution in [3.05, 3.63) is 41.7 Å². The van der Waals surface area contributed by atoms with Gasteiger partial charge in [0.15, 0.2) is 5.82 Å². The second kappa shape index (κ2) is 8.07. The average molecular weight is 356 g/mol. The summed E-state index contributed by atoms with van der Waals surface area (Å²) in [6, 6.07) is 3.61. The highest BCUT2D eigenvalue weighted by molar-refractivity contribution is 5.76. The molecule has 0 spiro atoms. The highest BCUT2D eigenvalue weighted by Gasteiger charge is 2.31. The van der Waals surface area contributed by atoms with Crippen LogP contribution in [-0.2, 0) is 22.7 Å². The molecule has 0 aromatic carbocycles. The van der Waals surface area contributed by atoms with E-state index >= 15 is 0 Å². The van der Waals surface area contributed by atoms with Crippen LogP contribution in [0.2, 0.25) is 0 Å².